The largest absolute Gasteiger partial charge is 0.459 e. The second-order valence-corrected chi connectivity index (χ2v) is 7.23. The van der Waals surface area contributed by atoms with Crippen molar-refractivity contribution in [1.29, 1.82) is 0 Å². The van der Waals surface area contributed by atoms with Crippen LogP contribution in [0.1, 0.15) is 35.9 Å². The first-order valence-corrected chi connectivity index (χ1v) is 10.2. The maximum Gasteiger partial charge on any atom is 0.287 e. The van der Waals surface area contributed by atoms with Gasteiger partial charge in [0.05, 0.1) is 6.26 Å². The minimum atomic E-state index is -0.512. The van der Waals surface area contributed by atoms with Crippen LogP contribution in [0.3, 0.4) is 0 Å². The molecule has 2 heterocycles. The quantitative estimate of drug-likeness (QED) is 0.746. The lowest BCUT2D eigenvalue weighted by Gasteiger charge is -2.36. The Labute approximate surface area is 172 Å². The van der Waals surface area contributed by atoms with E-state index in [1.807, 2.05) is 30.0 Å². The van der Waals surface area contributed by atoms with E-state index in [1.165, 1.54) is 11.8 Å². The van der Waals surface area contributed by atoms with Crippen LogP contribution in [0.15, 0.2) is 59.2 Å². The zero-order valence-corrected chi connectivity index (χ0v) is 16.9. The molecule has 1 aliphatic heterocycles. The molecule has 6 heteroatoms. The smallest absolute Gasteiger partial charge is 0.287 e. The van der Waals surface area contributed by atoms with E-state index < -0.39 is 6.04 Å². The Bertz CT molecular complexity index is 794. The summed E-state index contributed by atoms with van der Waals surface area (Å²) in [6.45, 7) is 5.89. The lowest BCUT2D eigenvalue weighted by molar-refractivity contribution is -0.135. The zero-order chi connectivity index (χ0) is 20.5. The highest BCUT2D eigenvalue weighted by molar-refractivity contribution is 5.95. The highest BCUT2D eigenvalue weighted by Gasteiger charge is 2.28. The maximum absolute atomic E-state index is 12.9. The SMILES string of the molecule is CCCC(NC(=O)c1ccco1)C(=O)N1CCN(C/C=C/c2ccccc2)CC1. The van der Waals surface area contributed by atoms with E-state index in [-0.39, 0.29) is 17.6 Å². The molecule has 1 fully saturated rings. The monoisotopic (exact) mass is 395 g/mol. The molecular weight excluding hydrogens is 366 g/mol. The molecule has 1 N–H and O–H groups in total. The van der Waals surface area contributed by atoms with Gasteiger partial charge in [0.15, 0.2) is 5.76 Å². The minimum Gasteiger partial charge on any atom is -0.459 e. The van der Waals surface area contributed by atoms with E-state index in [0.29, 0.717) is 19.5 Å². The van der Waals surface area contributed by atoms with E-state index in [0.717, 1.165) is 26.1 Å². The fourth-order valence-electron chi connectivity index (χ4n) is 3.46. The first-order valence-electron chi connectivity index (χ1n) is 10.2. The van der Waals surface area contributed by atoms with Crippen molar-refractivity contribution in [1.82, 2.24) is 15.1 Å². The molecular formula is C23H29N3O3. The summed E-state index contributed by atoms with van der Waals surface area (Å²) >= 11 is 0. The summed E-state index contributed by atoms with van der Waals surface area (Å²) in [4.78, 5) is 29.4. The number of piperazine rings is 1. The van der Waals surface area contributed by atoms with Crippen molar-refractivity contribution in [3.63, 3.8) is 0 Å². The molecule has 1 aromatic carbocycles. The van der Waals surface area contributed by atoms with Gasteiger partial charge in [0.1, 0.15) is 6.04 Å². The highest BCUT2D eigenvalue weighted by atomic mass is 16.3. The van der Waals surface area contributed by atoms with Crippen LogP contribution in [0.25, 0.3) is 6.08 Å². The lowest BCUT2D eigenvalue weighted by atomic mass is 10.1. The average Bonchev–Trinajstić information content (AvgIpc) is 3.29. The summed E-state index contributed by atoms with van der Waals surface area (Å²) in [6.07, 6.45) is 7.18. The molecule has 1 aromatic heterocycles. The average molecular weight is 396 g/mol. The first kappa shape index (κ1) is 20.9. The van der Waals surface area contributed by atoms with Gasteiger partial charge in [-0.25, -0.2) is 0 Å². The molecule has 154 valence electrons. The first-order chi connectivity index (χ1) is 14.2. The predicted octanol–water partition coefficient (Wildman–Crippen LogP) is 3.04. The molecule has 6 nitrogen and oxygen atoms in total. The molecule has 1 atom stereocenters. The van der Waals surface area contributed by atoms with Crippen molar-refractivity contribution in [2.24, 2.45) is 0 Å². The number of nitrogens with zero attached hydrogens (tertiary/aromatic N) is 2. The van der Waals surface area contributed by atoms with Crippen LogP contribution in [0.2, 0.25) is 0 Å². The topological polar surface area (TPSA) is 65.8 Å². The van der Waals surface area contributed by atoms with Crippen molar-refractivity contribution < 1.29 is 14.0 Å². The van der Waals surface area contributed by atoms with Gasteiger partial charge in [-0.2, -0.15) is 0 Å². The maximum atomic E-state index is 12.9. The molecule has 2 aromatic rings. The standard InChI is InChI=1S/C23H29N3O3/c1-2-8-20(24-22(27)21-12-7-18-29-21)23(28)26-16-14-25(15-17-26)13-6-11-19-9-4-3-5-10-19/h3-7,9-12,18,20H,2,8,13-17H2,1H3,(H,24,27)/b11-6+. The molecule has 29 heavy (non-hydrogen) atoms. The number of rotatable bonds is 8. The number of furan rings is 1. The van der Waals surface area contributed by atoms with Crippen LogP contribution in [-0.2, 0) is 4.79 Å². The van der Waals surface area contributed by atoms with Crippen LogP contribution in [0.4, 0.5) is 0 Å². The van der Waals surface area contributed by atoms with Gasteiger partial charge in [0, 0.05) is 32.7 Å². The van der Waals surface area contributed by atoms with Gasteiger partial charge >= 0.3 is 0 Å². The number of hydrogen-bond acceptors (Lipinski definition) is 4. The number of carbonyl (C=O) groups is 2. The van der Waals surface area contributed by atoms with Crippen molar-refractivity contribution in [3.05, 3.63) is 66.1 Å². The van der Waals surface area contributed by atoms with Crippen LogP contribution >= 0.6 is 0 Å². The van der Waals surface area contributed by atoms with Crippen LogP contribution < -0.4 is 5.32 Å². The Balaban J connectivity index is 1.48. The van der Waals surface area contributed by atoms with Gasteiger partial charge in [-0.05, 0) is 24.1 Å². The second kappa shape index (κ2) is 10.6. The van der Waals surface area contributed by atoms with E-state index >= 15 is 0 Å². The van der Waals surface area contributed by atoms with Gasteiger partial charge < -0.3 is 14.6 Å². The van der Waals surface area contributed by atoms with Gasteiger partial charge in [0.25, 0.3) is 5.91 Å². The molecule has 0 radical (unpaired) electrons. The van der Waals surface area contributed by atoms with E-state index in [2.05, 4.69) is 34.5 Å². The summed E-state index contributed by atoms with van der Waals surface area (Å²) in [5.41, 5.74) is 1.19. The summed E-state index contributed by atoms with van der Waals surface area (Å²) in [7, 11) is 0. The van der Waals surface area contributed by atoms with Crippen LogP contribution in [0, 0.1) is 0 Å². The molecule has 0 saturated carbocycles. The van der Waals surface area contributed by atoms with Gasteiger partial charge in [-0.1, -0.05) is 55.8 Å². The fourth-order valence-corrected chi connectivity index (χ4v) is 3.46. The van der Waals surface area contributed by atoms with E-state index in [9.17, 15) is 9.59 Å². The normalized spacial score (nSPS) is 16.1. The Morgan fingerprint density at radius 1 is 1.10 bits per heavy atom. The second-order valence-electron chi connectivity index (χ2n) is 7.23. The molecule has 3 rings (SSSR count). The van der Waals surface area contributed by atoms with Gasteiger partial charge in [0.2, 0.25) is 5.91 Å². The minimum absolute atomic E-state index is 0.00812. The molecule has 1 aliphatic rings. The van der Waals surface area contributed by atoms with Crippen molar-refractivity contribution in [2.45, 2.75) is 25.8 Å². The third-order valence-electron chi connectivity index (χ3n) is 5.08. The third-order valence-corrected chi connectivity index (χ3v) is 5.08. The summed E-state index contributed by atoms with van der Waals surface area (Å²) in [5.74, 6) is -0.119. The number of hydrogen-bond donors (Lipinski definition) is 1. The summed E-state index contributed by atoms with van der Waals surface area (Å²) in [5, 5.41) is 2.83. The Morgan fingerprint density at radius 2 is 1.86 bits per heavy atom. The molecule has 0 spiro atoms. The lowest BCUT2D eigenvalue weighted by Crippen LogP contribution is -2.54. The van der Waals surface area contributed by atoms with Crippen molar-refractivity contribution >= 4 is 17.9 Å². The number of amides is 2. The zero-order valence-electron chi connectivity index (χ0n) is 16.9. The molecule has 0 aliphatic carbocycles. The van der Waals surface area contributed by atoms with E-state index in [4.69, 9.17) is 4.42 Å². The fraction of sp³-hybridized carbons (Fsp3) is 0.391. The van der Waals surface area contributed by atoms with Gasteiger partial charge in [-0.3, -0.25) is 14.5 Å². The summed E-state index contributed by atoms with van der Waals surface area (Å²) in [6, 6.07) is 13.0. The Kier molecular flexibility index (Phi) is 7.64. The van der Waals surface area contributed by atoms with Crippen molar-refractivity contribution in [3.8, 4) is 0 Å². The Hall–Kier alpha value is -2.86. The van der Waals surface area contributed by atoms with Crippen LogP contribution in [-0.4, -0.2) is 60.4 Å². The van der Waals surface area contributed by atoms with E-state index in [1.54, 1.807) is 12.1 Å². The number of carbonyl (C=O) groups excluding carboxylic acids is 2. The van der Waals surface area contributed by atoms with Gasteiger partial charge in [-0.15, -0.1) is 0 Å². The molecule has 1 saturated heterocycles. The highest BCUT2D eigenvalue weighted by Crippen LogP contribution is 2.10. The third kappa shape index (κ3) is 6.06. The predicted molar refractivity (Wildman–Crippen MR) is 113 cm³/mol. The molecule has 1 unspecified atom stereocenters. The molecule has 2 amide bonds. The number of benzene rings is 1. The Morgan fingerprint density at radius 3 is 2.52 bits per heavy atom. The molecule has 0 bridgehead atoms. The summed E-state index contributed by atoms with van der Waals surface area (Å²) < 4.78 is 5.13. The van der Waals surface area contributed by atoms with Crippen LogP contribution in [0.5, 0.6) is 0 Å². The van der Waals surface area contributed by atoms with Crippen molar-refractivity contribution in [2.75, 3.05) is 32.7 Å². The number of nitrogens with one attached hydrogen (secondary N) is 1.